The number of nitro groups is 2. The molecular weight excluding hydrogens is 454 g/mol. The molecule has 0 saturated carbocycles. The summed E-state index contributed by atoms with van der Waals surface area (Å²) in [7, 11) is -4.34. The lowest BCUT2D eigenvalue weighted by molar-refractivity contribution is -0.385. The van der Waals surface area contributed by atoms with Crippen molar-refractivity contribution in [2.24, 2.45) is 5.92 Å². The van der Waals surface area contributed by atoms with Gasteiger partial charge in [0.2, 0.25) is 10.0 Å². The zero-order valence-corrected chi connectivity index (χ0v) is 19.2. The van der Waals surface area contributed by atoms with Crippen molar-refractivity contribution in [1.29, 1.82) is 0 Å². The predicted octanol–water partition coefficient (Wildman–Crippen LogP) is 3.67. The van der Waals surface area contributed by atoms with Crippen molar-refractivity contribution in [1.82, 2.24) is 4.31 Å². The molecule has 0 radical (unpaired) electrons. The quantitative estimate of drug-likeness (QED) is 0.269. The van der Waals surface area contributed by atoms with Gasteiger partial charge in [-0.25, -0.2) is 8.42 Å². The number of ether oxygens (including phenoxy) is 1. The van der Waals surface area contributed by atoms with Crippen LogP contribution in [0.2, 0.25) is 0 Å². The Hall–Kier alpha value is -3.38. The van der Waals surface area contributed by atoms with E-state index in [1.54, 1.807) is 6.92 Å². The van der Waals surface area contributed by atoms with Crippen LogP contribution < -0.4 is 0 Å². The van der Waals surface area contributed by atoms with Crippen LogP contribution in [0.3, 0.4) is 0 Å². The van der Waals surface area contributed by atoms with Crippen LogP contribution in [0.25, 0.3) is 0 Å². The Morgan fingerprint density at radius 3 is 2.15 bits per heavy atom. The molecule has 0 saturated heterocycles. The number of hydrogen-bond donors (Lipinski definition) is 0. The van der Waals surface area contributed by atoms with Gasteiger partial charge in [-0.3, -0.25) is 25.0 Å². The number of hydrogen-bond acceptors (Lipinski definition) is 8. The summed E-state index contributed by atoms with van der Waals surface area (Å²) in [6.45, 7) is 4.93. The van der Waals surface area contributed by atoms with E-state index < -0.39 is 31.9 Å². The second-order valence-corrected chi connectivity index (χ2v) is 9.52. The van der Waals surface area contributed by atoms with Crippen LogP contribution in [0.5, 0.6) is 0 Å². The highest BCUT2D eigenvalue weighted by Gasteiger charge is 2.37. The molecule has 1 unspecified atom stereocenters. The van der Waals surface area contributed by atoms with Crippen LogP contribution in [0.15, 0.2) is 53.4 Å². The molecule has 0 fully saturated rings. The van der Waals surface area contributed by atoms with Gasteiger partial charge in [0, 0.05) is 30.8 Å². The summed E-state index contributed by atoms with van der Waals surface area (Å²) in [5.74, 6) is -0.832. The normalized spacial score (nSPS) is 12.5. The Morgan fingerprint density at radius 1 is 1.03 bits per heavy atom. The molecule has 0 aliphatic heterocycles. The largest absolute Gasteiger partial charge is 0.465 e. The summed E-state index contributed by atoms with van der Waals surface area (Å²) in [4.78, 5) is 33.4. The maximum atomic E-state index is 13.6. The SMILES string of the molecule is CCOC(=O)C(CC(C)C)N(Cc1cccc([N+](=O)[O-])c1)S(=O)(=O)c1ccc([N+](=O)[O-])cc1. The van der Waals surface area contributed by atoms with Crippen LogP contribution in [0.1, 0.15) is 32.8 Å². The van der Waals surface area contributed by atoms with Crippen molar-refractivity contribution < 1.29 is 27.8 Å². The Morgan fingerprint density at radius 2 is 1.64 bits per heavy atom. The van der Waals surface area contributed by atoms with Crippen LogP contribution in [0, 0.1) is 26.1 Å². The Kier molecular flexibility index (Phi) is 8.60. The highest BCUT2D eigenvalue weighted by atomic mass is 32.2. The van der Waals surface area contributed by atoms with Crippen molar-refractivity contribution in [3.63, 3.8) is 0 Å². The highest BCUT2D eigenvalue weighted by Crippen LogP contribution is 2.27. The average molecular weight is 480 g/mol. The topological polar surface area (TPSA) is 150 Å². The van der Waals surface area contributed by atoms with Gasteiger partial charge in [-0.1, -0.05) is 26.0 Å². The highest BCUT2D eigenvalue weighted by molar-refractivity contribution is 7.89. The van der Waals surface area contributed by atoms with E-state index in [2.05, 4.69) is 0 Å². The zero-order chi connectivity index (χ0) is 24.8. The minimum absolute atomic E-state index is 0.0374. The van der Waals surface area contributed by atoms with E-state index in [0.717, 1.165) is 28.6 Å². The number of nitro benzene ring substituents is 2. The van der Waals surface area contributed by atoms with Gasteiger partial charge in [0.1, 0.15) is 6.04 Å². The lowest BCUT2D eigenvalue weighted by Gasteiger charge is -2.30. The van der Waals surface area contributed by atoms with Gasteiger partial charge in [0.05, 0.1) is 21.3 Å². The molecule has 0 bridgehead atoms. The fraction of sp³-hybridized carbons (Fsp3) is 0.381. The monoisotopic (exact) mass is 479 g/mol. The van der Waals surface area contributed by atoms with E-state index in [1.165, 1.54) is 24.3 Å². The summed E-state index contributed by atoms with van der Waals surface area (Å²) in [6, 6.07) is 8.53. The lowest BCUT2D eigenvalue weighted by atomic mass is 10.0. The number of carbonyl (C=O) groups excluding carboxylic acids is 1. The maximum Gasteiger partial charge on any atom is 0.324 e. The van der Waals surface area contributed by atoms with E-state index in [0.29, 0.717) is 5.56 Å². The van der Waals surface area contributed by atoms with Crippen LogP contribution in [0.4, 0.5) is 11.4 Å². The molecule has 11 nitrogen and oxygen atoms in total. The zero-order valence-electron chi connectivity index (χ0n) is 18.4. The van der Waals surface area contributed by atoms with E-state index in [4.69, 9.17) is 4.74 Å². The first-order chi connectivity index (χ1) is 15.5. The molecule has 0 aliphatic carbocycles. The third kappa shape index (κ3) is 6.56. The second kappa shape index (κ2) is 11.0. The van der Waals surface area contributed by atoms with E-state index in [9.17, 15) is 33.4 Å². The predicted molar refractivity (Wildman–Crippen MR) is 119 cm³/mol. The van der Waals surface area contributed by atoms with Gasteiger partial charge in [-0.2, -0.15) is 4.31 Å². The molecule has 1 atom stereocenters. The molecule has 0 heterocycles. The molecule has 12 heteroatoms. The van der Waals surface area contributed by atoms with Crippen molar-refractivity contribution in [3.05, 3.63) is 74.3 Å². The Bertz CT molecular complexity index is 1120. The third-order valence-corrected chi connectivity index (χ3v) is 6.58. The van der Waals surface area contributed by atoms with Crippen molar-refractivity contribution in [2.75, 3.05) is 6.61 Å². The first-order valence-corrected chi connectivity index (χ1v) is 11.6. The van der Waals surface area contributed by atoms with Gasteiger partial charge in [-0.15, -0.1) is 0 Å². The second-order valence-electron chi connectivity index (χ2n) is 7.63. The average Bonchev–Trinajstić information content (AvgIpc) is 2.76. The molecule has 2 rings (SSSR count). The first kappa shape index (κ1) is 25.9. The maximum absolute atomic E-state index is 13.6. The molecule has 2 aromatic rings. The lowest BCUT2D eigenvalue weighted by Crippen LogP contribution is -2.46. The number of sulfonamides is 1. The number of non-ortho nitro benzene ring substituents is 2. The molecule has 0 amide bonds. The Balaban J connectivity index is 2.60. The molecule has 178 valence electrons. The number of nitrogens with zero attached hydrogens (tertiary/aromatic N) is 3. The molecule has 0 aliphatic rings. The van der Waals surface area contributed by atoms with Gasteiger partial charge in [0.15, 0.2) is 0 Å². The van der Waals surface area contributed by atoms with Crippen LogP contribution >= 0.6 is 0 Å². The summed E-state index contributed by atoms with van der Waals surface area (Å²) >= 11 is 0. The molecule has 33 heavy (non-hydrogen) atoms. The van der Waals surface area contributed by atoms with E-state index in [1.807, 2.05) is 13.8 Å². The smallest absolute Gasteiger partial charge is 0.324 e. The van der Waals surface area contributed by atoms with E-state index >= 15 is 0 Å². The summed E-state index contributed by atoms with van der Waals surface area (Å²) in [5.41, 5.74) is -0.215. The molecular formula is C21H25N3O8S. The summed E-state index contributed by atoms with van der Waals surface area (Å²) in [6.07, 6.45) is 0.139. The van der Waals surface area contributed by atoms with Crippen molar-refractivity contribution in [2.45, 2.75) is 44.7 Å². The minimum atomic E-state index is -4.34. The number of benzene rings is 2. The van der Waals surface area contributed by atoms with Gasteiger partial charge in [-0.05, 0) is 37.0 Å². The first-order valence-electron chi connectivity index (χ1n) is 10.1. The fourth-order valence-corrected chi connectivity index (χ4v) is 4.78. The summed E-state index contributed by atoms with van der Waals surface area (Å²) in [5, 5.41) is 22.1. The number of rotatable bonds is 11. The summed E-state index contributed by atoms with van der Waals surface area (Å²) < 4.78 is 33.2. The van der Waals surface area contributed by atoms with Crippen LogP contribution in [-0.4, -0.2) is 41.2 Å². The molecule has 0 aromatic heterocycles. The van der Waals surface area contributed by atoms with Gasteiger partial charge >= 0.3 is 5.97 Å². The van der Waals surface area contributed by atoms with Gasteiger partial charge in [0.25, 0.3) is 11.4 Å². The number of carbonyl (C=O) groups is 1. The van der Waals surface area contributed by atoms with Crippen molar-refractivity contribution in [3.8, 4) is 0 Å². The Labute approximate surface area is 191 Å². The minimum Gasteiger partial charge on any atom is -0.465 e. The van der Waals surface area contributed by atoms with Crippen molar-refractivity contribution >= 4 is 27.4 Å². The molecule has 0 spiro atoms. The molecule has 0 N–H and O–H groups in total. The third-order valence-electron chi connectivity index (χ3n) is 4.71. The van der Waals surface area contributed by atoms with E-state index in [-0.39, 0.29) is 41.8 Å². The molecule has 2 aromatic carbocycles. The van der Waals surface area contributed by atoms with Gasteiger partial charge < -0.3 is 4.74 Å². The van der Waals surface area contributed by atoms with Crippen LogP contribution in [-0.2, 0) is 26.1 Å². The number of esters is 1. The fourth-order valence-electron chi connectivity index (χ4n) is 3.20. The standard InChI is InChI=1S/C21H25N3O8S/c1-4-32-21(25)20(12-15(2)3)22(14-16-6-5-7-18(13-16)24(28)29)33(30,31)19-10-8-17(9-11-19)23(26)27/h5-11,13,15,20H,4,12,14H2,1-3H3.